The van der Waals surface area contributed by atoms with Crippen LogP contribution in [0.25, 0.3) is 0 Å². The molecule has 4 atom stereocenters. The fourth-order valence-electron chi connectivity index (χ4n) is 1.15. The molecule has 0 heterocycles. The molecule has 0 amide bonds. The number of hydrogen-bond acceptors (Lipinski definition) is 7. The van der Waals surface area contributed by atoms with Crippen molar-refractivity contribution in [2.24, 2.45) is 0 Å². The lowest BCUT2D eigenvalue weighted by Crippen LogP contribution is -2.34. The number of hydrogen-bond donors (Lipinski definition) is 2. The van der Waals surface area contributed by atoms with Gasteiger partial charge in [-0.25, -0.2) is 9.59 Å². The third-order valence-corrected chi connectivity index (χ3v) is 2.88. The van der Waals surface area contributed by atoms with Gasteiger partial charge in [0.05, 0.1) is 25.4 Å². The summed E-state index contributed by atoms with van der Waals surface area (Å²) in [6, 6.07) is 0. The number of carbonyl (C=O) groups excluding carboxylic acids is 2. The van der Waals surface area contributed by atoms with Gasteiger partial charge in [0, 0.05) is 0 Å². The maximum Gasteiger partial charge on any atom is 0.337 e. The third kappa shape index (κ3) is 8.64. The van der Waals surface area contributed by atoms with E-state index in [9.17, 15) is 19.8 Å². The van der Waals surface area contributed by atoms with Gasteiger partial charge in [0.25, 0.3) is 0 Å². The van der Waals surface area contributed by atoms with E-state index in [0.717, 1.165) is 0 Å². The van der Waals surface area contributed by atoms with Crippen molar-refractivity contribution in [2.45, 2.75) is 65.0 Å². The lowest BCUT2D eigenvalue weighted by atomic mass is 10.3. The predicted molar refractivity (Wildman–Crippen MR) is 74.5 cm³/mol. The number of aliphatic hydroxyl groups is 2. The van der Waals surface area contributed by atoms with E-state index < -0.39 is 24.1 Å². The van der Waals surface area contributed by atoms with Crippen molar-refractivity contribution < 1.29 is 34.0 Å². The first kappa shape index (κ1) is 19.8. The van der Waals surface area contributed by atoms with Crippen LogP contribution in [-0.2, 0) is 23.8 Å². The molecule has 4 unspecified atom stereocenters. The van der Waals surface area contributed by atoms with E-state index in [-0.39, 0.29) is 25.4 Å². The van der Waals surface area contributed by atoms with Gasteiger partial charge in [0.2, 0.25) is 0 Å². The van der Waals surface area contributed by atoms with Gasteiger partial charge in [-0.1, -0.05) is 13.8 Å². The van der Waals surface area contributed by atoms with Crippen LogP contribution in [0.4, 0.5) is 0 Å². The smallest absolute Gasteiger partial charge is 0.337 e. The highest BCUT2D eigenvalue weighted by Crippen LogP contribution is 2.02. The predicted octanol–water partition coefficient (Wildman–Crippen LogP) is 0.408. The highest BCUT2D eigenvalue weighted by molar-refractivity contribution is 5.75. The molecule has 0 aromatic carbocycles. The van der Waals surface area contributed by atoms with Crippen LogP contribution in [0.3, 0.4) is 0 Å². The first-order chi connectivity index (χ1) is 9.81. The van der Waals surface area contributed by atoms with E-state index in [0.29, 0.717) is 12.8 Å². The quantitative estimate of drug-likeness (QED) is 0.563. The van der Waals surface area contributed by atoms with Gasteiger partial charge < -0.3 is 24.4 Å². The monoisotopic (exact) mass is 306 g/mol. The van der Waals surface area contributed by atoms with Crippen LogP contribution < -0.4 is 0 Å². The first-order valence-electron chi connectivity index (χ1n) is 7.16. The van der Waals surface area contributed by atoms with Gasteiger partial charge in [0.1, 0.15) is 0 Å². The van der Waals surface area contributed by atoms with Crippen molar-refractivity contribution in [3.8, 4) is 0 Å². The SMILES string of the molecule is CCC(C)OC(=O)C(O)COCC(O)C(=O)OC(C)CC. The summed E-state index contributed by atoms with van der Waals surface area (Å²) in [6.45, 7) is 6.40. The van der Waals surface area contributed by atoms with Crippen LogP contribution in [0.15, 0.2) is 0 Å². The van der Waals surface area contributed by atoms with E-state index in [1.807, 2.05) is 13.8 Å². The molecule has 0 aliphatic rings. The number of ether oxygens (including phenoxy) is 3. The lowest BCUT2D eigenvalue weighted by Gasteiger charge is -2.17. The molecule has 0 rings (SSSR count). The molecule has 0 radical (unpaired) electrons. The number of rotatable bonds is 10. The Labute approximate surface area is 125 Å². The summed E-state index contributed by atoms with van der Waals surface area (Å²) in [5.74, 6) is -1.58. The fourth-order valence-corrected chi connectivity index (χ4v) is 1.15. The van der Waals surface area contributed by atoms with Crippen molar-refractivity contribution in [2.75, 3.05) is 13.2 Å². The van der Waals surface area contributed by atoms with Gasteiger partial charge >= 0.3 is 11.9 Å². The maximum absolute atomic E-state index is 11.4. The molecular formula is C14H26O7. The molecule has 2 N–H and O–H groups in total. The Hall–Kier alpha value is -1.18. The van der Waals surface area contributed by atoms with Crippen LogP contribution in [0.1, 0.15) is 40.5 Å². The average molecular weight is 306 g/mol. The highest BCUT2D eigenvalue weighted by atomic mass is 16.6. The van der Waals surface area contributed by atoms with Gasteiger partial charge in [-0.2, -0.15) is 0 Å². The minimum Gasteiger partial charge on any atom is -0.461 e. The summed E-state index contributed by atoms with van der Waals surface area (Å²) < 4.78 is 14.7. The van der Waals surface area contributed by atoms with E-state index in [2.05, 4.69) is 0 Å². The third-order valence-electron chi connectivity index (χ3n) is 2.88. The zero-order chi connectivity index (χ0) is 16.4. The van der Waals surface area contributed by atoms with Crippen LogP contribution in [0.2, 0.25) is 0 Å². The summed E-state index contributed by atoms with van der Waals surface area (Å²) in [4.78, 5) is 22.8. The molecule has 0 aliphatic heterocycles. The molecule has 0 saturated heterocycles. The zero-order valence-electron chi connectivity index (χ0n) is 13.1. The summed E-state index contributed by atoms with van der Waals surface area (Å²) in [7, 11) is 0. The van der Waals surface area contributed by atoms with Crippen molar-refractivity contribution in [1.82, 2.24) is 0 Å². The summed E-state index contributed by atoms with van der Waals surface area (Å²) in [6.07, 6.45) is -2.20. The highest BCUT2D eigenvalue weighted by Gasteiger charge is 2.22. The number of esters is 2. The van der Waals surface area contributed by atoms with E-state index >= 15 is 0 Å². The Balaban J connectivity index is 3.96. The Morgan fingerprint density at radius 2 is 1.19 bits per heavy atom. The molecule has 0 saturated carbocycles. The standard InChI is InChI=1S/C14H26O7/c1-5-9(3)20-13(17)11(15)7-19-8-12(16)14(18)21-10(4)6-2/h9-12,15-16H,5-8H2,1-4H3. The topological polar surface area (TPSA) is 102 Å². The fraction of sp³-hybridized carbons (Fsp3) is 0.857. The van der Waals surface area contributed by atoms with Gasteiger partial charge in [-0.3, -0.25) is 0 Å². The van der Waals surface area contributed by atoms with Crippen molar-refractivity contribution in [3.05, 3.63) is 0 Å². The van der Waals surface area contributed by atoms with Crippen molar-refractivity contribution >= 4 is 11.9 Å². The van der Waals surface area contributed by atoms with Gasteiger partial charge in [-0.05, 0) is 26.7 Å². The van der Waals surface area contributed by atoms with Crippen molar-refractivity contribution in [3.63, 3.8) is 0 Å². The molecule has 0 fully saturated rings. The molecule has 0 spiro atoms. The second-order valence-electron chi connectivity index (χ2n) is 4.88. The Morgan fingerprint density at radius 1 is 0.857 bits per heavy atom. The second-order valence-corrected chi connectivity index (χ2v) is 4.88. The zero-order valence-corrected chi connectivity index (χ0v) is 13.1. The molecule has 124 valence electrons. The summed E-state index contributed by atoms with van der Waals surface area (Å²) in [5, 5.41) is 19.0. The first-order valence-corrected chi connectivity index (χ1v) is 7.16. The molecule has 7 heteroatoms. The Morgan fingerprint density at radius 3 is 1.48 bits per heavy atom. The minimum atomic E-state index is -1.45. The maximum atomic E-state index is 11.4. The summed E-state index contributed by atoms with van der Waals surface area (Å²) in [5.41, 5.74) is 0. The Kier molecular flexibility index (Phi) is 9.94. The van der Waals surface area contributed by atoms with Crippen LogP contribution >= 0.6 is 0 Å². The number of carbonyl (C=O) groups is 2. The van der Waals surface area contributed by atoms with E-state index in [1.54, 1.807) is 13.8 Å². The molecule has 0 bridgehead atoms. The van der Waals surface area contributed by atoms with Crippen molar-refractivity contribution in [1.29, 1.82) is 0 Å². The average Bonchev–Trinajstić information content (AvgIpc) is 2.46. The van der Waals surface area contributed by atoms with Gasteiger partial charge in [-0.15, -0.1) is 0 Å². The van der Waals surface area contributed by atoms with Crippen LogP contribution in [0, 0.1) is 0 Å². The molecule has 0 aliphatic carbocycles. The Bertz CT molecular complexity index is 288. The molecule has 7 nitrogen and oxygen atoms in total. The molecule has 0 aromatic rings. The minimum absolute atomic E-state index is 0.289. The normalized spacial score (nSPS) is 16.7. The number of aliphatic hydroxyl groups excluding tert-OH is 2. The van der Waals surface area contributed by atoms with Gasteiger partial charge in [0.15, 0.2) is 12.2 Å². The molecule has 0 aromatic heterocycles. The van der Waals surface area contributed by atoms with Crippen LogP contribution in [0.5, 0.6) is 0 Å². The lowest BCUT2D eigenvalue weighted by molar-refractivity contribution is -0.166. The van der Waals surface area contributed by atoms with E-state index in [4.69, 9.17) is 14.2 Å². The van der Waals surface area contributed by atoms with E-state index in [1.165, 1.54) is 0 Å². The second kappa shape index (κ2) is 10.5. The summed E-state index contributed by atoms with van der Waals surface area (Å²) >= 11 is 0. The largest absolute Gasteiger partial charge is 0.461 e. The van der Waals surface area contributed by atoms with Crippen LogP contribution in [-0.4, -0.2) is 59.8 Å². The molecule has 21 heavy (non-hydrogen) atoms. The molecular weight excluding hydrogens is 280 g/mol.